The lowest BCUT2D eigenvalue weighted by atomic mass is 10.1. The van der Waals surface area contributed by atoms with Crippen molar-refractivity contribution < 1.29 is 13.6 Å². The Morgan fingerprint density at radius 3 is 2.71 bits per heavy atom. The highest BCUT2D eigenvalue weighted by Crippen LogP contribution is 2.26. The molecule has 1 aromatic heterocycles. The van der Waals surface area contributed by atoms with E-state index in [1.807, 2.05) is 42.5 Å². The summed E-state index contributed by atoms with van der Waals surface area (Å²) in [6.45, 7) is 1.67. The fourth-order valence-electron chi connectivity index (χ4n) is 2.70. The Bertz CT molecular complexity index is 1160. The quantitative estimate of drug-likeness (QED) is 0.480. The van der Waals surface area contributed by atoms with Crippen LogP contribution in [0.15, 0.2) is 70.3 Å². The van der Waals surface area contributed by atoms with Crippen LogP contribution in [0.5, 0.6) is 0 Å². The normalized spacial score (nSPS) is 10.9. The number of carbonyl (C=O) groups excluding carboxylic acids is 1. The van der Waals surface area contributed by atoms with Gasteiger partial charge in [0.15, 0.2) is 0 Å². The minimum absolute atomic E-state index is 0.0782. The monoisotopic (exact) mass is 393 g/mol. The number of thioether (sulfide) groups is 1. The number of hydrogen-bond acceptors (Lipinski definition) is 5. The first kappa shape index (κ1) is 18.2. The Hall–Kier alpha value is -3.19. The summed E-state index contributed by atoms with van der Waals surface area (Å²) in [5.41, 5.74) is 1.76. The number of benzene rings is 3. The van der Waals surface area contributed by atoms with Crippen LogP contribution in [0.1, 0.15) is 5.56 Å². The zero-order valence-corrected chi connectivity index (χ0v) is 15.8. The Kier molecular flexibility index (Phi) is 5.08. The van der Waals surface area contributed by atoms with E-state index < -0.39 is 0 Å². The molecule has 0 saturated carbocycles. The zero-order valence-electron chi connectivity index (χ0n) is 15.0. The third-order valence-corrected chi connectivity index (χ3v) is 5.00. The Morgan fingerprint density at radius 2 is 1.89 bits per heavy atom. The van der Waals surface area contributed by atoms with E-state index in [9.17, 15) is 9.18 Å². The molecule has 0 radical (unpaired) electrons. The van der Waals surface area contributed by atoms with E-state index in [0.717, 1.165) is 28.1 Å². The summed E-state index contributed by atoms with van der Waals surface area (Å²) in [6, 6.07) is 18.5. The lowest BCUT2D eigenvalue weighted by Crippen LogP contribution is -2.14. The highest BCUT2D eigenvalue weighted by Gasteiger charge is 2.12. The molecule has 0 aliphatic heterocycles. The number of aryl methyl sites for hydroxylation is 1. The number of fused-ring (bicyclic) bond motifs is 1. The van der Waals surface area contributed by atoms with E-state index in [1.165, 1.54) is 6.07 Å². The van der Waals surface area contributed by atoms with Crippen molar-refractivity contribution in [2.45, 2.75) is 12.1 Å². The van der Waals surface area contributed by atoms with Gasteiger partial charge in [-0.25, -0.2) is 4.39 Å². The number of halogens is 1. The first-order valence-corrected chi connectivity index (χ1v) is 9.58. The smallest absolute Gasteiger partial charge is 0.277 e. The Morgan fingerprint density at radius 1 is 1.07 bits per heavy atom. The molecule has 4 rings (SSSR count). The first-order valence-electron chi connectivity index (χ1n) is 8.60. The molecular formula is C21H16FN3O2S. The predicted molar refractivity (Wildman–Crippen MR) is 108 cm³/mol. The third kappa shape index (κ3) is 4.04. The van der Waals surface area contributed by atoms with Crippen LogP contribution in [0, 0.1) is 12.7 Å². The van der Waals surface area contributed by atoms with E-state index in [0.29, 0.717) is 22.4 Å². The number of rotatable bonds is 5. The summed E-state index contributed by atoms with van der Waals surface area (Å²) in [7, 11) is 0. The summed E-state index contributed by atoms with van der Waals surface area (Å²) in [5, 5.41) is 13.2. The van der Waals surface area contributed by atoms with Crippen LogP contribution in [0.3, 0.4) is 0 Å². The molecule has 0 aliphatic rings. The summed E-state index contributed by atoms with van der Waals surface area (Å²) in [6.07, 6.45) is 0. The molecule has 28 heavy (non-hydrogen) atoms. The number of nitrogens with zero attached hydrogens (tertiary/aromatic N) is 2. The standard InChI is InChI=1S/C21H16FN3O2S/c1-13-6-9-17(11-18(13)22)23-19(26)12-28-21-25-24-20(27-21)16-8-7-14-4-2-3-5-15(14)10-16/h2-11H,12H2,1H3,(H,23,26). The molecule has 0 saturated heterocycles. The van der Waals surface area contributed by atoms with E-state index in [4.69, 9.17) is 4.42 Å². The van der Waals surface area contributed by atoms with Gasteiger partial charge in [0.1, 0.15) is 5.82 Å². The molecule has 0 bridgehead atoms. The van der Waals surface area contributed by atoms with Crippen LogP contribution in [0.4, 0.5) is 10.1 Å². The second-order valence-electron chi connectivity index (χ2n) is 6.24. The van der Waals surface area contributed by atoms with Crippen molar-refractivity contribution in [1.82, 2.24) is 10.2 Å². The first-order chi connectivity index (χ1) is 13.6. The summed E-state index contributed by atoms with van der Waals surface area (Å²) >= 11 is 1.13. The number of hydrogen-bond donors (Lipinski definition) is 1. The summed E-state index contributed by atoms with van der Waals surface area (Å²) < 4.78 is 19.2. The number of aromatic nitrogens is 2. The van der Waals surface area contributed by atoms with Gasteiger partial charge < -0.3 is 9.73 Å². The molecule has 0 aliphatic carbocycles. The maximum atomic E-state index is 13.6. The van der Waals surface area contributed by atoms with E-state index in [-0.39, 0.29) is 17.5 Å². The van der Waals surface area contributed by atoms with Gasteiger partial charge in [-0.05, 0) is 47.5 Å². The molecule has 5 nitrogen and oxygen atoms in total. The Balaban J connectivity index is 1.40. The molecule has 0 spiro atoms. The molecule has 3 aromatic carbocycles. The van der Waals surface area contributed by atoms with Crippen molar-refractivity contribution in [3.63, 3.8) is 0 Å². The second kappa shape index (κ2) is 7.82. The largest absolute Gasteiger partial charge is 0.411 e. The van der Waals surface area contributed by atoms with Crippen LogP contribution >= 0.6 is 11.8 Å². The molecule has 1 heterocycles. The van der Waals surface area contributed by atoms with E-state index >= 15 is 0 Å². The van der Waals surface area contributed by atoms with Gasteiger partial charge in [0.05, 0.1) is 5.75 Å². The fourth-order valence-corrected chi connectivity index (χ4v) is 3.27. The van der Waals surface area contributed by atoms with Gasteiger partial charge in [-0.15, -0.1) is 10.2 Å². The highest BCUT2D eigenvalue weighted by atomic mass is 32.2. The molecular weight excluding hydrogens is 377 g/mol. The van der Waals surface area contributed by atoms with Crippen LogP contribution in [-0.4, -0.2) is 21.9 Å². The van der Waals surface area contributed by atoms with Crippen LogP contribution in [0.2, 0.25) is 0 Å². The fraction of sp³-hybridized carbons (Fsp3) is 0.0952. The predicted octanol–water partition coefficient (Wildman–Crippen LogP) is 5.07. The van der Waals surface area contributed by atoms with Gasteiger partial charge in [-0.1, -0.05) is 48.2 Å². The van der Waals surface area contributed by atoms with E-state index in [2.05, 4.69) is 15.5 Å². The van der Waals surface area contributed by atoms with Crippen LogP contribution < -0.4 is 5.32 Å². The number of anilines is 1. The van der Waals surface area contributed by atoms with Crippen molar-refractivity contribution in [3.8, 4) is 11.5 Å². The number of nitrogens with one attached hydrogen (secondary N) is 1. The average molecular weight is 393 g/mol. The van der Waals surface area contributed by atoms with Crippen molar-refractivity contribution in [2.75, 3.05) is 11.1 Å². The number of carbonyl (C=O) groups is 1. The Labute approximate surface area is 165 Å². The van der Waals surface area contributed by atoms with Gasteiger partial charge in [-0.2, -0.15) is 0 Å². The van der Waals surface area contributed by atoms with Crippen molar-refractivity contribution in [1.29, 1.82) is 0 Å². The molecule has 4 aromatic rings. The molecule has 140 valence electrons. The summed E-state index contributed by atoms with van der Waals surface area (Å²) in [4.78, 5) is 12.1. The molecule has 0 atom stereocenters. The number of amides is 1. The van der Waals surface area contributed by atoms with Gasteiger partial charge in [0.25, 0.3) is 5.22 Å². The lowest BCUT2D eigenvalue weighted by Gasteiger charge is -2.05. The summed E-state index contributed by atoms with van der Waals surface area (Å²) in [5.74, 6) is -0.162. The topological polar surface area (TPSA) is 68.0 Å². The highest BCUT2D eigenvalue weighted by molar-refractivity contribution is 7.99. The molecule has 0 unspecified atom stereocenters. The van der Waals surface area contributed by atoms with Gasteiger partial charge in [0.2, 0.25) is 11.8 Å². The van der Waals surface area contributed by atoms with Crippen molar-refractivity contribution in [3.05, 3.63) is 72.0 Å². The second-order valence-corrected chi connectivity index (χ2v) is 7.16. The maximum Gasteiger partial charge on any atom is 0.277 e. The zero-order chi connectivity index (χ0) is 19.5. The average Bonchev–Trinajstić information content (AvgIpc) is 3.18. The van der Waals surface area contributed by atoms with Crippen molar-refractivity contribution in [2.24, 2.45) is 0 Å². The van der Waals surface area contributed by atoms with Crippen LogP contribution in [-0.2, 0) is 4.79 Å². The van der Waals surface area contributed by atoms with E-state index in [1.54, 1.807) is 19.1 Å². The minimum atomic E-state index is -0.359. The molecule has 1 N–H and O–H groups in total. The minimum Gasteiger partial charge on any atom is -0.411 e. The van der Waals surface area contributed by atoms with Gasteiger partial charge >= 0.3 is 0 Å². The van der Waals surface area contributed by atoms with Crippen LogP contribution in [0.25, 0.3) is 22.2 Å². The lowest BCUT2D eigenvalue weighted by molar-refractivity contribution is -0.113. The van der Waals surface area contributed by atoms with Crippen molar-refractivity contribution >= 4 is 34.1 Å². The molecule has 1 amide bonds. The van der Waals surface area contributed by atoms with Gasteiger partial charge in [0, 0.05) is 11.3 Å². The third-order valence-electron chi connectivity index (χ3n) is 4.19. The SMILES string of the molecule is Cc1ccc(NC(=O)CSc2nnc(-c3ccc4ccccc4c3)o2)cc1F. The molecule has 0 fully saturated rings. The molecule has 7 heteroatoms. The maximum absolute atomic E-state index is 13.6. The van der Waals surface area contributed by atoms with Gasteiger partial charge in [-0.3, -0.25) is 4.79 Å².